The van der Waals surface area contributed by atoms with Crippen LogP contribution in [0.4, 0.5) is 17.2 Å². The van der Waals surface area contributed by atoms with Gasteiger partial charge in [0.15, 0.2) is 6.61 Å². The van der Waals surface area contributed by atoms with Crippen molar-refractivity contribution < 1.29 is 27.6 Å². The Bertz CT molecular complexity index is 1220. The van der Waals surface area contributed by atoms with E-state index in [0.29, 0.717) is 5.69 Å². The number of non-ortho nitro benzene ring substituents is 1. The summed E-state index contributed by atoms with van der Waals surface area (Å²) in [4.78, 5) is 29.8. The van der Waals surface area contributed by atoms with Crippen LogP contribution < -0.4 is 19.5 Å². The van der Waals surface area contributed by atoms with Crippen molar-refractivity contribution in [2.45, 2.75) is 4.90 Å². The minimum atomic E-state index is -3.96. The number of benzene rings is 2. The highest BCUT2D eigenvalue weighted by atomic mass is 32.2. The zero-order chi connectivity index (χ0) is 23.1. The number of carbonyl (C=O) groups is 1. The fourth-order valence-electron chi connectivity index (χ4n) is 2.46. The van der Waals surface area contributed by atoms with Crippen molar-refractivity contribution >= 4 is 33.1 Å². The number of amides is 1. The second kappa shape index (κ2) is 9.70. The van der Waals surface area contributed by atoms with Gasteiger partial charge in [-0.3, -0.25) is 19.6 Å². The van der Waals surface area contributed by atoms with E-state index in [1.54, 1.807) is 0 Å². The van der Waals surface area contributed by atoms with Gasteiger partial charge in [0.25, 0.3) is 27.5 Å². The van der Waals surface area contributed by atoms with Gasteiger partial charge in [0, 0.05) is 30.2 Å². The molecular formula is C19H17N5O7S. The lowest BCUT2D eigenvalue weighted by Crippen LogP contribution is -2.20. The molecule has 166 valence electrons. The number of aromatic nitrogens is 2. The predicted molar refractivity (Wildman–Crippen MR) is 113 cm³/mol. The number of nitro benzene ring substituents is 1. The Morgan fingerprint density at radius 2 is 1.72 bits per heavy atom. The van der Waals surface area contributed by atoms with Crippen LogP contribution in [0.25, 0.3) is 0 Å². The molecule has 1 amide bonds. The first-order valence-electron chi connectivity index (χ1n) is 8.93. The van der Waals surface area contributed by atoms with Crippen LogP contribution in [-0.4, -0.2) is 42.9 Å². The Labute approximate surface area is 182 Å². The smallest absolute Gasteiger partial charge is 0.269 e. The van der Waals surface area contributed by atoms with E-state index in [2.05, 4.69) is 20.0 Å². The summed E-state index contributed by atoms with van der Waals surface area (Å²) in [6, 6.07) is 10.7. The number of hydrogen-bond donors (Lipinski definition) is 2. The molecule has 0 radical (unpaired) electrons. The standard InChI is InChI=1S/C19H17N5O7S/c1-30-19-18(20-10-11-21-19)23-32(28,29)16-8-2-13(3-9-16)22-17(25)12-31-15-6-4-14(5-7-15)24(26)27/h2-11H,12H2,1H3,(H,20,23)(H,22,25). The van der Waals surface area contributed by atoms with Crippen molar-refractivity contribution in [3.05, 3.63) is 71.0 Å². The molecule has 2 aromatic carbocycles. The average Bonchev–Trinajstić information content (AvgIpc) is 2.78. The van der Waals surface area contributed by atoms with E-state index >= 15 is 0 Å². The van der Waals surface area contributed by atoms with Crippen LogP contribution >= 0.6 is 0 Å². The Kier molecular flexibility index (Phi) is 6.80. The van der Waals surface area contributed by atoms with Gasteiger partial charge in [0.2, 0.25) is 5.82 Å². The molecule has 0 aliphatic carbocycles. The number of nitrogens with one attached hydrogen (secondary N) is 2. The molecule has 3 aromatic rings. The summed E-state index contributed by atoms with van der Waals surface area (Å²) >= 11 is 0. The van der Waals surface area contributed by atoms with E-state index in [1.165, 1.54) is 68.0 Å². The second-order valence-corrected chi connectivity index (χ2v) is 7.81. The Morgan fingerprint density at radius 1 is 1.06 bits per heavy atom. The molecule has 0 unspecified atom stereocenters. The number of ether oxygens (including phenoxy) is 2. The molecule has 0 bridgehead atoms. The molecule has 0 aliphatic rings. The summed E-state index contributed by atoms with van der Waals surface area (Å²) in [7, 11) is -2.63. The third kappa shape index (κ3) is 5.66. The van der Waals surface area contributed by atoms with Crippen LogP contribution in [0.1, 0.15) is 0 Å². The SMILES string of the molecule is COc1nccnc1NS(=O)(=O)c1ccc(NC(=O)COc2ccc([N+](=O)[O-])cc2)cc1. The molecule has 0 saturated heterocycles. The summed E-state index contributed by atoms with van der Waals surface area (Å²) < 4.78 is 37.6. The van der Waals surface area contributed by atoms with Crippen molar-refractivity contribution in [3.8, 4) is 11.6 Å². The number of nitrogens with zero attached hydrogens (tertiary/aromatic N) is 3. The largest absolute Gasteiger partial charge is 0.484 e. The number of anilines is 2. The van der Waals surface area contributed by atoms with Crippen molar-refractivity contribution in [2.24, 2.45) is 0 Å². The van der Waals surface area contributed by atoms with Crippen LogP contribution in [0.2, 0.25) is 0 Å². The van der Waals surface area contributed by atoms with Crippen LogP contribution in [0, 0.1) is 10.1 Å². The average molecular weight is 459 g/mol. The zero-order valence-electron chi connectivity index (χ0n) is 16.6. The third-order valence-corrected chi connectivity index (χ3v) is 5.31. The van der Waals surface area contributed by atoms with E-state index in [9.17, 15) is 23.3 Å². The molecule has 32 heavy (non-hydrogen) atoms. The van der Waals surface area contributed by atoms with Gasteiger partial charge in [-0.05, 0) is 36.4 Å². The van der Waals surface area contributed by atoms with Gasteiger partial charge in [-0.25, -0.2) is 18.4 Å². The van der Waals surface area contributed by atoms with Gasteiger partial charge in [0.05, 0.1) is 16.9 Å². The maximum absolute atomic E-state index is 12.5. The predicted octanol–water partition coefficient (Wildman–Crippen LogP) is 2.21. The topological polar surface area (TPSA) is 163 Å². The van der Waals surface area contributed by atoms with Gasteiger partial charge in [-0.15, -0.1) is 0 Å². The fourth-order valence-corrected chi connectivity index (χ4v) is 3.47. The monoisotopic (exact) mass is 459 g/mol. The molecule has 1 heterocycles. The molecule has 12 nitrogen and oxygen atoms in total. The molecule has 2 N–H and O–H groups in total. The highest BCUT2D eigenvalue weighted by molar-refractivity contribution is 7.92. The molecular weight excluding hydrogens is 442 g/mol. The summed E-state index contributed by atoms with van der Waals surface area (Å²) in [6.45, 7) is -0.341. The lowest BCUT2D eigenvalue weighted by molar-refractivity contribution is -0.384. The van der Waals surface area contributed by atoms with E-state index in [0.717, 1.165) is 0 Å². The zero-order valence-corrected chi connectivity index (χ0v) is 17.4. The third-order valence-electron chi connectivity index (χ3n) is 3.95. The number of methoxy groups -OCH3 is 1. The molecule has 3 rings (SSSR count). The molecule has 1 aromatic heterocycles. The van der Waals surface area contributed by atoms with E-state index in [1.807, 2.05) is 0 Å². The van der Waals surface area contributed by atoms with Crippen molar-refractivity contribution in [3.63, 3.8) is 0 Å². The van der Waals surface area contributed by atoms with Gasteiger partial charge in [-0.1, -0.05) is 0 Å². The van der Waals surface area contributed by atoms with Crippen molar-refractivity contribution in [1.29, 1.82) is 0 Å². The highest BCUT2D eigenvalue weighted by Gasteiger charge is 2.18. The fraction of sp³-hybridized carbons (Fsp3) is 0.105. The maximum atomic E-state index is 12.5. The van der Waals surface area contributed by atoms with Gasteiger partial charge < -0.3 is 14.8 Å². The van der Waals surface area contributed by atoms with Crippen LogP contribution in [0.3, 0.4) is 0 Å². The molecule has 0 aliphatic heterocycles. The minimum absolute atomic E-state index is 0.0213. The lowest BCUT2D eigenvalue weighted by Gasteiger charge is -2.11. The van der Waals surface area contributed by atoms with Gasteiger partial charge in [-0.2, -0.15) is 0 Å². The minimum Gasteiger partial charge on any atom is -0.484 e. The Hall–Kier alpha value is -4.26. The molecule has 0 atom stereocenters. The number of hydrogen-bond acceptors (Lipinski definition) is 9. The van der Waals surface area contributed by atoms with E-state index < -0.39 is 20.9 Å². The summed E-state index contributed by atoms with van der Waals surface area (Å²) in [5, 5.41) is 13.2. The summed E-state index contributed by atoms with van der Waals surface area (Å²) in [6.07, 6.45) is 2.68. The van der Waals surface area contributed by atoms with Crippen molar-refractivity contribution in [1.82, 2.24) is 9.97 Å². The number of carbonyl (C=O) groups excluding carboxylic acids is 1. The lowest BCUT2D eigenvalue weighted by atomic mass is 10.3. The van der Waals surface area contributed by atoms with Crippen LogP contribution in [-0.2, 0) is 14.8 Å². The molecule has 0 fully saturated rings. The summed E-state index contributed by atoms with van der Waals surface area (Å²) in [5.41, 5.74) is 0.252. The van der Waals surface area contributed by atoms with E-state index in [4.69, 9.17) is 9.47 Å². The van der Waals surface area contributed by atoms with Gasteiger partial charge >= 0.3 is 0 Å². The molecule has 0 spiro atoms. The first-order chi connectivity index (χ1) is 15.3. The molecule has 0 saturated carbocycles. The molecule has 13 heteroatoms. The van der Waals surface area contributed by atoms with Crippen molar-refractivity contribution in [2.75, 3.05) is 23.8 Å². The van der Waals surface area contributed by atoms with Crippen LogP contribution in [0.5, 0.6) is 11.6 Å². The number of nitro groups is 1. The number of sulfonamides is 1. The number of rotatable bonds is 9. The first kappa shape index (κ1) is 22.4. The Morgan fingerprint density at radius 3 is 2.34 bits per heavy atom. The van der Waals surface area contributed by atoms with Crippen LogP contribution in [0.15, 0.2) is 65.8 Å². The van der Waals surface area contributed by atoms with E-state index in [-0.39, 0.29) is 34.6 Å². The second-order valence-electron chi connectivity index (χ2n) is 6.13. The highest BCUT2D eigenvalue weighted by Crippen LogP contribution is 2.22. The Balaban J connectivity index is 1.58. The normalized spacial score (nSPS) is 10.8. The first-order valence-corrected chi connectivity index (χ1v) is 10.4. The van der Waals surface area contributed by atoms with Gasteiger partial charge in [0.1, 0.15) is 5.75 Å². The summed E-state index contributed by atoms with van der Waals surface area (Å²) in [5.74, 6) is -0.247. The quantitative estimate of drug-likeness (QED) is 0.361. The maximum Gasteiger partial charge on any atom is 0.269 e.